The maximum atomic E-state index is 13.4. The number of carbonyl (C=O) groups is 1. The topological polar surface area (TPSA) is 79.2 Å². The predicted molar refractivity (Wildman–Crippen MR) is 139 cm³/mol. The van der Waals surface area contributed by atoms with Crippen LogP contribution in [0.2, 0.25) is 0 Å². The van der Waals surface area contributed by atoms with Gasteiger partial charge in [0.1, 0.15) is 12.2 Å². The maximum Gasteiger partial charge on any atom is 0.423 e. The Bertz CT molecular complexity index is 1220. The number of halogens is 6. The third-order valence-corrected chi connectivity index (χ3v) is 7.72. The number of nitrogens with zero attached hydrogens (tertiary/aromatic N) is 4. The van der Waals surface area contributed by atoms with Gasteiger partial charge in [-0.3, -0.25) is 14.9 Å². The van der Waals surface area contributed by atoms with E-state index in [-0.39, 0.29) is 30.3 Å². The first-order valence-electron chi connectivity index (χ1n) is 13.1. The minimum absolute atomic E-state index is 0.0913. The summed E-state index contributed by atoms with van der Waals surface area (Å²) in [5, 5.41) is 11.0. The van der Waals surface area contributed by atoms with E-state index < -0.39 is 34.1 Å². The fourth-order valence-electron chi connectivity index (χ4n) is 5.30. The first-order chi connectivity index (χ1) is 19.2. The van der Waals surface area contributed by atoms with E-state index in [9.17, 15) is 41.3 Å². The third-order valence-electron chi connectivity index (χ3n) is 7.72. The van der Waals surface area contributed by atoms with Crippen LogP contribution in [0.4, 0.5) is 43.4 Å². The van der Waals surface area contributed by atoms with E-state index in [0.717, 1.165) is 24.3 Å². The fourth-order valence-corrected chi connectivity index (χ4v) is 5.30. The second-order valence-corrected chi connectivity index (χ2v) is 10.2. The molecule has 0 N–H and O–H groups in total. The summed E-state index contributed by atoms with van der Waals surface area (Å²) in [6.07, 6.45) is -7.01. The van der Waals surface area contributed by atoms with Gasteiger partial charge in [-0.2, -0.15) is 26.3 Å². The molecule has 2 aromatic carbocycles. The SMILES string of the molecule is CN(c1ccc([N+](=O)[O-])c(C(F)(F)F)c1)C1CCC(OCC(=O)N2CCN(c3ccc(C(F)(F)F)cc3)CC2)CC1. The van der Waals surface area contributed by atoms with Gasteiger partial charge in [0.15, 0.2) is 0 Å². The van der Waals surface area contributed by atoms with Crippen molar-refractivity contribution in [3.8, 4) is 0 Å². The van der Waals surface area contributed by atoms with Crippen LogP contribution in [0.5, 0.6) is 0 Å². The Morgan fingerprint density at radius 2 is 1.56 bits per heavy atom. The van der Waals surface area contributed by atoms with Crippen LogP contribution in [0.25, 0.3) is 0 Å². The number of amides is 1. The van der Waals surface area contributed by atoms with Crippen LogP contribution in [0, 0.1) is 10.1 Å². The van der Waals surface area contributed by atoms with Crippen molar-refractivity contribution in [2.75, 3.05) is 49.6 Å². The molecule has 4 rings (SSSR count). The van der Waals surface area contributed by atoms with Crippen molar-refractivity contribution >= 4 is 23.0 Å². The maximum absolute atomic E-state index is 13.4. The normalized spacial score (nSPS) is 20.2. The number of nitro groups is 1. The smallest absolute Gasteiger partial charge is 0.372 e. The number of rotatable bonds is 7. The molecule has 1 aliphatic carbocycles. The Kier molecular flexibility index (Phi) is 9.00. The van der Waals surface area contributed by atoms with Gasteiger partial charge in [0.25, 0.3) is 5.69 Å². The first-order valence-corrected chi connectivity index (χ1v) is 13.1. The van der Waals surface area contributed by atoms with Gasteiger partial charge in [-0.1, -0.05) is 0 Å². The summed E-state index contributed by atoms with van der Waals surface area (Å²) in [6.45, 7) is 1.68. The molecular formula is C27H30F6N4O4. The second-order valence-electron chi connectivity index (χ2n) is 10.2. The van der Waals surface area contributed by atoms with E-state index in [1.165, 1.54) is 18.2 Å². The molecule has 0 atom stereocenters. The zero-order valence-corrected chi connectivity index (χ0v) is 22.2. The number of piperazine rings is 1. The molecule has 8 nitrogen and oxygen atoms in total. The number of hydrogen-bond acceptors (Lipinski definition) is 6. The van der Waals surface area contributed by atoms with Gasteiger partial charge in [0.2, 0.25) is 5.91 Å². The molecule has 0 unspecified atom stereocenters. The molecule has 1 saturated heterocycles. The number of ether oxygens (including phenoxy) is 1. The first kappa shape index (κ1) is 30.4. The number of carbonyl (C=O) groups excluding carboxylic acids is 1. The zero-order valence-electron chi connectivity index (χ0n) is 22.2. The molecule has 2 aliphatic rings. The van der Waals surface area contributed by atoms with Crippen molar-refractivity contribution in [2.24, 2.45) is 0 Å². The number of nitro benzene ring substituents is 1. The van der Waals surface area contributed by atoms with Gasteiger partial charge in [0, 0.05) is 56.7 Å². The second kappa shape index (κ2) is 12.1. The van der Waals surface area contributed by atoms with E-state index in [1.54, 1.807) is 16.8 Å². The van der Waals surface area contributed by atoms with Crippen LogP contribution in [-0.4, -0.2) is 67.7 Å². The van der Waals surface area contributed by atoms with Gasteiger partial charge in [0.05, 0.1) is 16.6 Å². The summed E-state index contributed by atoms with van der Waals surface area (Å²) in [7, 11) is 1.65. The summed E-state index contributed by atoms with van der Waals surface area (Å²) in [6, 6.07) is 7.83. The lowest BCUT2D eigenvalue weighted by Gasteiger charge is -2.37. The molecule has 0 spiro atoms. The lowest BCUT2D eigenvalue weighted by atomic mass is 9.91. The molecule has 1 heterocycles. The van der Waals surface area contributed by atoms with Gasteiger partial charge in [-0.15, -0.1) is 0 Å². The Morgan fingerprint density at radius 3 is 2.10 bits per heavy atom. The van der Waals surface area contributed by atoms with Crippen LogP contribution in [0.1, 0.15) is 36.8 Å². The Hall–Kier alpha value is -3.55. The van der Waals surface area contributed by atoms with Crippen molar-refractivity contribution < 1.29 is 40.8 Å². The summed E-state index contributed by atoms with van der Waals surface area (Å²) in [5.41, 5.74) is -2.10. The highest BCUT2D eigenvalue weighted by Gasteiger charge is 2.39. The lowest BCUT2D eigenvalue weighted by molar-refractivity contribution is -0.388. The van der Waals surface area contributed by atoms with E-state index >= 15 is 0 Å². The minimum Gasteiger partial charge on any atom is -0.372 e. The monoisotopic (exact) mass is 588 g/mol. The highest BCUT2D eigenvalue weighted by Crippen LogP contribution is 2.39. The van der Waals surface area contributed by atoms with E-state index in [4.69, 9.17) is 4.74 Å². The number of anilines is 2. The molecule has 2 fully saturated rings. The lowest BCUT2D eigenvalue weighted by Crippen LogP contribution is -2.50. The van der Waals surface area contributed by atoms with Crippen LogP contribution < -0.4 is 9.80 Å². The molecule has 2 aromatic rings. The number of benzene rings is 2. The largest absolute Gasteiger partial charge is 0.423 e. The predicted octanol–water partition coefficient (Wildman–Crippen LogP) is 5.75. The summed E-state index contributed by atoms with van der Waals surface area (Å²) < 4.78 is 84.3. The highest BCUT2D eigenvalue weighted by atomic mass is 19.4. The summed E-state index contributed by atoms with van der Waals surface area (Å²) in [4.78, 5) is 27.9. The number of alkyl halides is 6. The quantitative estimate of drug-likeness (QED) is 0.233. The van der Waals surface area contributed by atoms with Crippen LogP contribution >= 0.6 is 0 Å². The van der Waals surface area contributed by atoms with Gasteiger partial charge < -0.3 is 19.4 Å². The van der Waals surface area contributed by atoms with Crippen molar-refractivity contribution in [3.63, 3.8) is 0 Å². The third kappa shape index (κ3) is 7.40. The van der Waals surface area contributed by atoms with E-state index in [2.05, 4.69) is 0 Å². The van der Waals surface area contributed by atoms with Crippen LogP contribution in [-0.2, 0) is 21.9 Å². The minimum atomic E-state index is -4.86. The van der Waals surface area contributed by atoms with Crippen LogP contribution in [0.15, 0.2) is 42.5 Å². The average molecular weight is 589 g/mol. The van der Waals surface area contributed by atoms with Gasteiger partial charge >= 0.3 is 12.4 Å². The molecule has 0 aromatic heterocycles. The summed E-state index contributed by atoms with van der Waals surface area (Å²) >= 11 is 0. The van der Waals surface area contributed by atoms with Crippen molar-refractivity contribution in [1.82, 2.24) is 4.90 Å². The zero-order chi connectivity index (χ0) is 29.9. The van der Waals surface area contributed by atoms with E-state index in [0.29, 0.717) is 57.5 Å². The fraction of sp³-hybridized carbons (Fsp3) is 0.519. The van der Waals surface area contributed by atoms with Crippen molar-refractivity contribution in [2.45, 2.75) is 50.2 Å². The molecule has 14 heteroatoms. The standard InChI is InChI=1S/C27H30F6N4O4/c1-34(21-8-11-24(37(39)40)23(16-21)27(31,32)33)19-6-9-22(10-7-19)41-17-25(38)36-14-12-35(13-15-36)20-4-2-18(3-5-20)26(28,29)30/h2-5,8,11,16,19,22H,6-7,9-10,12-15,17H2,1H3. The molecule has 0 bridgehead atoms. The van der Waals surface area contributed by atoms with E-state index in [1.807, 2.05) is 4.90 Å². The number of hydrogen-bond donors (Lipinski definition) is 0. The molecule has 1 amide bonds. The highest BCUT2D eigenvalue weighted by molar-refractivity contribution is 5.77. The molecular weight excluding hydrogens is 558 g/mol. The van der Waals surface area contributed by atoms with Crippen LogP contribution in [0.3, 0.4) is 0 Å². The Balaban J connectivity index is 1.22. The Labute approximate surface area is 232 Å². The average Bonchev–Trinajstić information content (AvgIpc) is 2.94. The van der Waals surface area contributed by atoms with Crippen molar-refractivity contribution in [3.05, 3.63) is 63.7 Å². The molecule has 1 aliphatic heterocycles. The molecule has 41 heavy (non-hydrogen) atoms. The van der Waals surface area contributed by atoms with Gasteiger partial charge in [-0.05, 0) is 62.1 Å². The summed E-state index contributed by atoms with van der Waals surface area (Å²) in [5.74, 6) is -0.179. The molecule has 224 valence electrons. The van der Waals surface area contributed by atoms with Gasteiger partial charge in [-0.25, -0.2) is 0 Å². The molecule has 0 radical (unpaired) electrons. The van der Waals surface area contributed by atoms with Crippen molar-refractivity contribution in [1.29, 1.82) is 0 Å². The Morgan fingerprint density at radius 1 is 0.951 bits per heavy atom. The molecule has 1 saturated carbocycles.